The van der Waals surface area contributed by atoms with Crippen molar-refractivity contribution in [3.63, 3.8) is 0 Å². The molecule has 0 amide bonds. The van der Waals surface area contributed by atoms with E-state index in [1.807, 2.05) is 0 Å². The molecule has 4 nitrogen and oxygen atoms in total. The van der Waals surface area contributed by atoms with E-state index in [4.69, 9.17) is 4.52 Å². The van der Waals surface area contributed by atoms with Gasteiger partial charge in [0.15, 0.2) is 5.82 Å². The third-order valence-corrected chi connectivity index (χ3v) is 4.08. The minimum atomic E-state index is 0.275. The summed E-state index contributed by atoms with van der Waals surface area (Å²) in [6.07, 6.45) is 3.29. The highest BCUT2D eigenvalue weighted by Gasteiger charge is 2.22. The molecule has 0 bridgehead atoms. The number of thiophene rings is 1. The quantitative estimate of drug-likeness (QED) is 0.908. The lowest BCUT2D eigenvalue weighted by atomic mass is 10.2. The summed E-state index contributed by atoms with van der Waals surface area (Å²) in [6, 6.07) is 2.40. The van der Waals surface area contributed by atoms with Gasteiger partial charge in [0.05, 0.1) is 10.9 Å². The van der Waals surface area contributed by atoms with Gasteiger partial charge in [-0.15, -0.1) is 11.3 Å². The summed E-state index contributed by atoms with van der Waals surface area (Å²) in [6.45, 7) is 3.19. The lowest BCUT2D eigenvalue weighted by molar-refractivity contribution is 0.412. The Labute approximate surface area is 104 Å². The Morgan fingerprint density at radius 1 is 1.59 bits per heavy atom. The summed E-state index contributed by atoms with van der Waals surface area (Å²) in [7, 11) is 0. The first-order valence-electron chi connectivity index (χ1n) is 6.02. The van der Waals surface area contributed by atoms with Crippen LogP contribution in [-0.2, 0) is 6.42 Å². The van der Waals surface area contributed by atoms with E-state index in [2.05, 4.69) is 33.8 Å². The van der Waals surface area contributed by atoms with E-state index in [1.54, 1.807) is 11.3 Å². The Kier molecular flexibility index (Phi) is 2.94. The largest absolute Gasteiger partial charge is 0.333 e. The number of hydrogen-bond acceptors (Lipinski definition) is 5. The monoisotopic (exact) mass is 249 g/mol. The molecule has 1 aliphatic rings. The van der Waals surface area contributed by atoms with Crippen LogP contribution in [0.2, 0.25) is 0 Å². The van der Waals surface area contributed by atoms with Crippen LogP contribution in [0.15, 0.2) is 16.0 Å². The van der Waals surface area contributed by atoms with Gasteiger partial charge in [-0.1, -0.05) is 12.1 Å². The van der Waals surface area contributed by atoms with Crippen LogP contribution in [-0.4, -0.2) is 16.7 Å². The second kappa shape index (κ2) is 4.58. The zero-order valence-corrected chi connectivity index (χ0v) is 10.6. The number of aromatic nitrogens is 2. The summed E-state index contributed by atoms with van der Waals surface area (Å²) in [5.74, 6) is 1.47. The van der Waals surface area contributed by atoms with E-state index in [0.717, 1.165) is 30.1 Å². The van der Waals surface area contributed by atoms with Crippen LogP contribution < -0.4 is 5.32 Å². The highest BCUT2D eigenvalue weighted by atomic mass is 32.1. The first kappa shape index (κ1) is 10.9. The average molecular weight is 249 g/mol. The van der Waals surface area contributed by atoms with Gasteiger partial charge < -0.3 is 9.84 Å². The van der Waals surface area contributed by atoms with Gasteiger partial charge in [-0.05, 0) is 42.8 Å². The molecule has 90 valence electrons. The molecule has 3 rings (SSSR count). The second-order valence-electron chi connectivity index (χ2n) is 4.24. The Morgan fingerprint density at radius 3 is 3.29 bits per heavy atom. The van der Waals surface area contributed by atoms with E-state index in [0.29, 0.717) is 5.89 Å². The molecule has 5 heteroatoms. The zero-order valence-electron chi connectivity index (χ0n) is 9.77. The molecule has 2 aromatic heterocycles. The van der Waals surface area contributed by atoms with E-state index in [-0.39, 0.29) is 6.04 Å². The molecule has 0 spiro atoms. The average Bonchev–Trinajstić information content (AvgIpc) is 3.09. The lowest BCUT2D eigenvalue weighted by Crippen LogP contribution is -2.14. The van der Waals surface area contributed by atoms with Crippen LogP contribution in [0.25, 0.3) is 10.8 Å². The van der Waals surface area contributed by atoms with Crippen molar-refractivity contribution in [1.29, 1.82) is 0 Å². The maximum absolute atomic E-state index is 5.37. The van der Waals surface area contributed by atoms with Crippen molar-refractivity contribution in [3.05, 3.63) is 22.8 Å². The smallest absolute Gasteiger partial charge is 0.268 e. The summed E-state index contributed by atoms with van der Waals surface area (Å²) in [4.78, 5) is 5.63. The third-order valence-electron chi connectivity index (χ3n) is 3.14. The van der Waals surface area contributed by atoms with Crippen molar-refractivity contribution in [2.45, 2.75) is 32.2 Å². The van der Waals surface area contributed by atoms with E-state index < -0.39 is 0 Å². The fraction of sp³-hybridized carbons (Fsp3) is 0.500. The fourth-order valence-electron chi connectivity index (χ4n) is 2.18. The van der Waals surface area contributed by atoms with E-state index in [1.165, 1.54) is 12.0 Å². The molecule has 1 fully saturated rings. The van der Waals surface area contributed by atoms with Gasteiger partial charge in [-0.3, -0.25) is 0 Å². The maximum atomic E-state index is 5.37. The number of rotatable bonds is 3. The second-order valence-corrected chi connectivity index (χ2v) is 5.15. The Bertz CT molecular complexity index is 499. The van der Waals surface area contributed by atoms with E-state index >= 15 is 0 Å². The number of aryl methyl sites for hydroxylation is 1. The summed E-state index contributed by atoms with van der Waals surface area (Å²) < 4.78 is 5.37. The summed E-state index contributed by atoms with van der Waals surface area (Å²) >= 11 is 1.67. The van der Waals surface area contributed by atoms with Gasteiger partial charge in [-0.2, -0.15) is 4.98 Å². The molecule has 0 aliphatic carbocycles. The Morgan fingerprint density at radius 2 is 2.53 bits per heavy atom. The van der Waals surface area contributed by atoms with Crippen LogP contribution in [0.1, 0.15) is 37.2 Å². The van der Waals surface area contributed by atoms with Crippen LogP contribution in [0.4, 0.5) is 0 Å². The molecule has 17 heavy (non-hydrogen) atoms. The molecular weight excluding hydrogens is 234 g/mol. The topological polar surface area (TPSA) is 51.0 Å². The van der Waals surface area contributed by atoms with Gasteiger partial charge in [0.25, 0.3) is 5.89 Å². The van der Waals surface area contributed by atoms with Crippen molar-refractivity contribution in [2.24, 2.45) is 0 Å². The molecule has 0 saturated carbocycles. The molecular formula is C12H15N3OS. The van der Waals surface area contributed by atoms with Gasteiger partial charge in [0, 0.05) is 0 Å². The first-order valence-corrected chi connectivity index (χ1v) is 6.90. The Hall–Kier alpha value is -1.20. The highest BCUT2D eigenvalue weighted by Crippen LogP contribution is 2.30. The van der Waals surface area contributed by atoms with E-state index in [9.17, 15) is 0 Å². The van der Waals surface area contributed by atoms with Gasteiger partial charge >= 0.3 is 0 Å². The standard InChI is InChI=1S/C12H15N3OS/c1-2-8-5-7-17-10(8)12-14-11(15-16-12)9-4-3-6-13-9/h5,7,9,13H,2-4,6H2,1H3. The minimum absolute atomic E-state index is 0.275. The van der Waals surface area contributed by atoms with Gasteiger partial charge in [-0.25, -0.2) is 0 Å². The normalized spacial score (nSPS) is 19.9. The predicted molar refractivity (Wildman–Crippen MR) is 67.0 cm³/mol. The molecule has 3 heterocycles. The van der Waals surface area contributed by atoms with Crippen molar-refractivity contribution in [1.82, 2.24) is 15.5 Å². The molecule has 1 saturated heterocycles. The third kappa shape index (κ3) is 2.00. The number of hydrogen-bond donors (Lipinski definition) is 1. The van der Waals surface area contributed by atoms with Crippen LogP contribution in [0.3, 0.4) is 0 Å². The fourth-order valence-corrected chi connectivity index (χ4v) is 3.09. The van der Waals surface area contributed by atoms with Crippen molar-refractivity contribution in [2.75, 3.05) is 6.54 Å². The number of nitrogens with zero attached hydrogens (tertiary/aromatic N) is 2. The molecule has 0 aromatic carbocycles. The summed E-state index contributed by atoms with van der Waals surface area (Å²) in [5.41, 5.74) is 1.28. The minimum Gasteiger partial charge on any atom is -0.333 e. The number of nitrogens with one attached hydrogen (secondary N) is 1. The van der Waals surface area contributed by atoms with Gasteiger partial charge in [0.2, 0.25) is 0 Å². The van der Waals surface area contributed by atoms with Gasteiger partial charge in [0.1, 0.15) is 0 Å². The zero-order chi connectivity index (χ0) is 11.7. The molecule has 1 N–H and O–H groups in total. The molecule has 1 unspecified atom stereocenters. The van der Waals surface area contributed by atoms with Crippen molar-refractivity contribution < 1.29 is 4.52 Å². The molecule has 1 aliphatic heterocycles. The van der Waals surface area contributed by atoms with Crippen LogP contribution >= 0.6 is 11.3 Å². The molecule has 1 atom stereocenters. The van der Waals surface area contributed by atoms with Crippen molar-refractivity contribution >= 4 is 11.3 Å². The predicted octanol–water partition coefficient (Wildman–Crippen LogP) is 2.79. The highest BCUT2D eigenvalue weighted by molar-refractivity contribution is 7.13. The Balaban J connectivity index is 1.89. The SMILES string of the molecule is CCc1ccsc1-c1nc(C2CCCN2)no1. The van der Waals surface area contributed by atoms with Crippen molar-refractivity contribution in [3.8, 4) is 10.8 Å². The maximum Gasteiger partial charge on any atom is 0.268 e. The molecule has 0 radical (unpaired) electrons. The first-order chi connectivity index (χ1) is 8.38. The molecule has 2 aromatic rings. The lowest BCUT2D eigenvalue weighted by Gasteiger charge is -2.01. The summed E-state index contributed by atoms with van der Waals surface area (Å²) in [5, 5.41) is 9.54. The van der Waals surface area contributed by atoms with Crippen LogP contribution in [0, 0.1) is 0 Å². The van der Waals surface area contributed by atoms with Crippen LogP contribution in [0.5, 0.6) is 0 Å².